The molecule has 156 valence electrons. The highest BCUT2D eigenvalue weighted by Gasteiger charge is 2.36. The number of hydrogen-bond acceptors (Lipinski definition) is 5. The molecule has 0 aliphatic rings. The van der Waals surface area contributed by atoms with Crippen molar-refractivity contribution in [2.24, 2.45) is 0 Å². The molecular weight excluding hydrogens is 389 g/mol. The van der Waals surface area contributed by atoms with Gasteiger partial charge in [0, 0.05) is 5.57 Å². The Bertz CT molecular complexity index is 699. The molecule has 1 rings (SSSR count). The number of aryl methyl sites for hydroxylation is 2. The molecule has 1 aromatic rings. The standard InChI is InChI=1S/C15H25N2O2.CHF3O3S/c1-4-5-8-16-10-11-17(13-16)9-6-7-12-19-15(18)14(2)3;2-1(3,4)8(5,6)7/h10-11,13H,2,4-9,12H2,1,3H3;(H,5,6,7)/q+1;/p-1. The average Bonchev–Trinajstić information content (AvgIpc) is 2.98. The molecule has 0 saturated carbocycles. The van der Waals surface area contributed by atoms with Crippen LogP contribution in [0.5, 0.6) is 0 Å². The van der Waals surface area contributed by atoms with Crippen molar-refractivity contribution in [3.63, 3.8) is 0 Å². The van der Waals surface area contributed by atoms with Crippen LogP contribution in [0.25, 0.3) is 0 Å². The molecule has 0 fully saturated rings. The summed E-state index contributed by atoms with van der Waals surface area (Å²) in [5.41, 5.74) is -5.19. The molecule has 0 aromatic carbocycles. The quantitative estimate of drug-likeness (QED) is 0.155. The van der Waals surface area contributed by atoms with E-state index in [4.69, 9.17) is 17.7 Å². The van der Waals surface area contributed by atoms with Crippen LogP contribution in [-0.2, 0) is 32.7 Å². The summed E-state index contributed by atoms with van der Waals surface area (Å²) in [5, 5.41) is 0. The van der Waals surface area contributed by atoms with Crippen LogP contribution in [0, 0.1) is 0 Å². The number of rotatable bonds is 9. The van der Waals surface area contributed by atoms with Gasteiger partial charge in [-0.15, -0.1) is 0 Å². The van der Waals surface area contributed by atoms with Crippen LogP contribution in [-0.4, -0.2) is 35.6 Å². The molecule has 0 amide bonds. The molecule has 0 saturated heterocycles. The molecule has 1 aromatic heterocycles. The van der Waals surface area contributed by atoms with Crippen molar-refractivity contribution < 1.29 is 40.2 Å². The lowest BCUT2D eigenvalue weighted by Crippen LogP contribution is -2.31. The van der Waals surface area contributed by atoms with E-state index in [2.05, 4.69) is 41.4 Å². The predicted molar refractivity (Wildman–Crippen MR) is 90.3 cm³/mol. The maximum atomic E-state index is 11.1. The number of unbranched alkanes of at least 4 members (excludes halogenated alkanes) is 2. The Morgan fingerprint density at radius 1 is 1.30 bits per heavy atom. The lowest BCUT2D eigenvalue weighted by molar-refractivity contribution is -0.696. The first-order chi connectivity index (χ1) is 12.4. The van der Waals surface area contributed by atoms with E-state index >= 15 is 0 Å². The molecule has 1 heterocycles. The molecule has 0 unspecified atom stereocenters. The van der Waals surface area contributed by atoms with Gasteiger partial charge >= 0.3 is 11.5 Å². The van der Waals surface area contributed by atoms with E-state index in [0.29, 0.717) is 12.2 Å². The van der Waals surface area contributed by atoms with Crippen molar-refractivity contribution in [3.8, 4) is 0 Å². The van der Waals surface area contributed by atoms with Crippen LogP contribution in [0.2, 0.25) is 0 Å². The molecule has 0 aliphatic heterocycles. The number of carbonyl (C=O) groups is 1. The number of carbonyl (C=O) groups excluding carboxylic acids is 1. The third-order valence-corrected chi connectivity index (χ3v) is 3.76. The summed E-state index contributed by atoms with van der Waals surface area (Å²) in [4.78, 5) is 11.1. The molecule has 7 nitrogen and oxygen atoms in total. The predicted octanol–water partition coefficient (Wildman–Crippen LogP) is 2.53. The van der Waals surface area contributed by atoms with Crippen molar-refractivity contribution in [2.75, 3.05) is 6.61 Å². The summed E-state index contributed by atoms with van der Waals surface area (Å²) in [7, 11) is -6.09. The summed E-state index contributed by atoms with van der Waals surface area (Å²) in [6.45, 7) is 9.93. The van der Waals surface area contributed by atoms with Gasteiger partial charge in [0.15, 0.2) is 10.1 Å². The Kier molecular flexibility index (Phi) is 10.9. The maximum absolute atomic E-state index is 11.1. The Hall–Kier alpha value is -1.88. The van der Waals surface area contributed by atoms with Crippen molar-refractivity contribution in [3.05, 3.63) is 30.9 Å². The first kappa shape index (κ1) is 25.1. The lowest BCUT2D eigenvalue weighted by atomic mass is 10.3. The second kappa shape index (κ2) is 11.8. The Balaban J connectivity index is 0.000000713. The molecule has 0 bridgehead atoms. The minimum Gasteiger partial charge on any atom is -0.741 e. The van der Waals surface area contributed by atoms with Crippen LogP contribution < -0.4 is 4.57 Å². The van der Waals surface area contributed by atoms with Gasteiger partial charge in [-0.25, -0.2) is 22.3 Å². The number of hydrogen-bond donors (Lipinski definition) is 0. The normalized spacial score (nSPS) is 11.5. The highest BCUT2D eigenvalue weighted by molar-refractivity contribution is 7.86. The van der Waals surface area contributed by atoms with Gasteiger partial charge in [0.25, 0.3) is 0 Å². The Morgan fingerprint density at radius 2 is 1.89 bits per heavy atom. The summed E-state index contributed by atoms with van der Waals surface area (Å²) in [5.74, 6) is -0.293. The highest BCUT2D eigenvalue weighted by Crippen LogP contribution is 2.20. The molecular formula is C16H25F3N2O5S. The number of imidazole rings is 1. The topological polar surface area (TPSA) is 92.3 Å². The van der Waals surface area contributed by atoms with Crippen molar-refractivity contribution >= 4 is 16.1 Å². The Morgan fingerprint density at radius 3 is 2.37 bits per heavy atom. The van der Waals surface area contributed by atoms with Gasteiger partial charge in [-0.2, -0.15) is 13.2 Å². The zero-order valence-corrected chi connectivity index (χ0v) is 16.2. The highest BCUT2D eigenvalue weighted by atomic mass is 32.2. The van der Waals surface area contributed by atoms with E-state index in [1.165, 1.54) is 12.8 Å². The zero-order valence-electron chi connectivity index (χ0n) is 15.4. The van der Waals surface area contributed by atoms with Gasteiger partial charge in [-0.3, -0.25) is 0 Å². The van der Waals surface area contributed by atoms with E-state index in [9.17, 15) is 18.0 Å². The molecule has 11 heteroatoms. The third kappa shape index (κ3) is 11.4. The minimum absolute atomic E-state index is 0.293. The average molecular weight is 414 g/mol. The van der Waals surface area contributed by atoms with Gasteiger partial charge in [-0.1, -0.05) is 19.9 Å². The fourth-order valence-corrected chi connectivity index (χ4v) is 1.73. The van der Waals surface area contributed by atoms with Crippen LogP contribution in [0.3, 0.4) is 0 Å². The molecule has 0 atom stereocenters. The van der Waals surface area contributed by atoms with E-state index < -0.39 is 15.6 Å². The van der Waals surface area contributed by atoms with Gasteiger partial charge in [0.2, 0.25) is 6.33 Å². The number of ether oxygens (including phenoxy) is 1. The lowest BCUT2D eigenvalue weighted by Gasteiger charge is -2.08. The summed E-state index contributed by atoms with van der Waals surface area (Å²) in [6, 6.07) is 0. The zero-order chi connectivity index (χ0) is 21.1. The molecule has 0 radical (unpaired) electrons. The van der Waals surface area contributed by atoms with Crippen LogP contribution in [0.1, 0.15) is 39.5 Å². The van der Waals surface area contributed by atoms with Crippen molar-refractivity contribution in [2.45, 2.75) is 58.1 Å². The maximum Gasteiger partial charge on any atom is 0.485 e. The van der Waals surface area contributed by atoms with Gasteiger partial charge in [0.1, 0.15) is 12.4 Å². The van der Waals surface area contributed by atoms with Gasteiger partial charge in [0.05, 0.1) is 19.7 Å². The van der Waals surface area contributed by atoms with Crippen LogP contribution >= 0.6 is 0 Å². The minimum atomic E-state index is -6.09. The van der Waals surface area contributed by atoms with Crippen molar-refractivity contribution in [1.82, 2.24) is 4.57 Å². The monoisotopic (exact) mass is 414 g/mol. The van der Waals surface area contributed by atoms with E-state index in [0.717, 1.165) is 25.9 Å². The molecule has 0 spiro atoms. The van der Waals surface area contributed by atoms with E-state index in [-0.39, 0.29) is 5.97 Å². The number of halogens is 3. The Labute approximate surface area is 157 Å². The largest absolute Gasteiger partial charge is 0.741 e. The summed E-state index contributed by atoms with van der Waals surface area (Å²) >= 11 is 0. The second-order valence-corrected chi connectivity index (χ2v) is 7.14. The molecule has 0 aliphatic carbocycles. The number of alkyl halides is 3. The van der Waals surface area contributed by atoms with Crippen LogP contribution in [0.4, 0.5) is 13.2 Å². The fraction of sp³-hybridized carbons (Fsp3) is 0.625. The summed E-state index contributed by atoms with van der Waals surface area (Å²) < 4.78 is 68.3. The third-order valence-electron chi connectivity index (χ3n) is 3.19. The first-order valence-electron chi connectivity index (χ1n) is 8.28. The second-order valence-electron chi connectivity index (χ2n) is 5.77. The molecule has 0 N–H and O–H groups in total. The fourth-order valence-electron chi connectivity index (χ4n) is 1.73. The van der Waals surface area contributed by atoms with Crippen molar-refractivity contribution in [1.29, 1.82) is 0 Å². The SMILES string of the molecule is C=C(C)C(=O)OCCCC[n+]1ccn(CCCC)c1.O=S(=O)([O-])C(F)(F)F. The van der Waals surface area contributed by atoms with Gasteiger partial charge in [-0.05, 0) is 26.2 Å². The number of aromatic nitrogens is 2. The number of nitrogens with zero attached hydrogens (tertiary/aromatic N) is 2. The van der Waals surface area contributed by atoms with E-state index in [1.54, 1.807) is 6.92 Å². The van der Waals surface area contributed by atoms with E-state index in [1.807, 2.05) is 0 Å². The smallest absolute Gasteiger partial charge is 0.485 e. The van der Waals surface area contributed by atoms with Gasteiger partial charge < -0.3 is 9.29 Å². The summed E-state index contributed by atoms with van der Waals surface area (Å²) in [6.07, 6.45) is 10.7. The first-order valence-corrected chi connectivity index (χ1v) is 9.69. The number of esters is 1. The van der Waals surface area contributed by atoms with Crippen LogP contribution in [0.15, 0.2) is 30.9 Å². The molecule has 27 heavy (non-hydrogen) atoms.